The normalized spacial score (nSPS) is 21.0. The van der Waals surface area contributed by atoms with Gasteiger partial charge in [0.05, 0.1) is 29.5 Å². The highest BCUT2D eigenvalue weighted by Gasteiger charge is 2.27. The smallest absolute Gasteiger partial charge is 0.243 e. The molecule has 1 aromatic rings. The number of nitrogens with two attached hydrogens (primary N) is 1. The summed E-state index contributed by atoms with van der Waals surface area (Å²) < 4.78 is 32.2. The quantitative estimate of drug-likeness (QED) is 0.847. The molecule has 0 atom stereocenters. The second-order valence-electron chi connectivity index (χ2n) is 5.78. The van der Waals surface area contributed by atoms with Crippen LogP contribution in [0.5, 0.6) is 0 Å². The van der Waals surface area contributed by atoms with E-state index < -0.39 is 10.0 Å². The number of sulfonamides is 1. The summed E-state index contributed by atoms with van der Waals surface area (Å²) in [6, 6.07) is 5.04. The molecule has 0 amide bonds. The number of morpholine rings is 1. The first-order valence-corrected chi connectivity index (χ1v) is 9.25. The van der Waals surface area contributed by atoms with Gasteiger partial charge >= 0.3 is 0 Å². The zero-order valence-electron chi connectivity index (χ0n) is 12.7. The number of anilines is 2. The third-order valence-electron chi connectivity index (χ3n) is 4.31. The molecule has 0 aromatic heterocycles. The first-order valence-electron chi connectivity index (χ1n) is 7.81. The molecular weight excluding hydrogens is 302 g/mol. The molecule has 2 aliphatic rings. The Morgan fingerprint density at radius 2 is 1.68 bits per heavy atom. The minimum absolute atomic E-state index is 0.323. The van der Waals surface area contributed by atoms with Gasteiger partial charge in [-0.1, -0.05) is 0 Å². The lowest BCUT2D eigenvalue weighted by Crippen LogP contribution is -2.40. The predicted molar refractivity (Wildman–Crippen MR) is 86.5 cm³/mol. The van der Waals surface area contributed by atoms with Crippen molar-refractivity contribution in [2.24, 2.45) is 0 Å². The minimum atomic E-state index is -3.47. The summed E-state index contributed by atoms with van der Waals surface area (Å²) >= 11 is 0. The topological polar surface area (TPSA) is 75.9 Å². The van der Waals surface area contributed by atoms with Crippen molar-refractivity contribution in [1.29, 1.82) is 0 Å². The Bertz CT molecular complexity index is 621. The highest BCUT2D eigenvalue weighted by molar-refractivity contribution is 7.89. The Morgan fingerprint density at radius 1 is 1.00 bits per heavy atom. The molecule has 2 saturated heterocycles. The summed E-state index contributed by atoms with van der Waals surface area (Å²) in [6.45, 7) is 3.59. The molecule has 0 saturated carbocycles. The van der Waals surface area contributed by atoms with E-state index in [1.807, 2.05) is 0 Å². The monoisotopic (exact) mass is 325 g/mol. The average molecular weight is 325 g/mol. The van der Waals surface area contributed by atoms with E-state index in [1.165, 1.54) is 10.7 Å². The van der Waals surface area contributed by atoms with E-state index in [9.17, 15) is 8.42 Å². The summed E-state index contributed by atoms with van der Waals surface area (Å²) in [6.07, 6.45) is 3.47. The Balaban J connectivity index is 1.90. The van der Waals surface area contributed by atoms with Gasteiger partial charge in [0.2, 0.25) is 10.0 Å². The van der Waals surface area contributed by atoms with E-state index in [2.05, 4.69) is 4.90 Å². The third-order valence-corrected chi connectivity index (χ3v) is 6.20. The van der Waals surface area contributed by atoms with Gasteiger partial charge in [-0.25, -0.2) is 8.42 Å². The number of benzene rings is 1. The van der Waals surface area contributed by atoms with Crippen LogP contribution in [0.3, 0.4) is 0 Å². The number of piperidine rings is 1. The van der Waals surface area contributed by atoms with E-state index in [1.54, 1.807) is 18.2 Å². The summed E-state index contributed by atoms with van der Waals surface area (Å²) in [5, 5.41) is 0. The molecule has 2 N–H and O–H groups in total. The molecule has 0 unspecified atom stereocenters. The van der Waals surface area contributed by atoms with Gasteiger partial charge in [0.15, 0.2) is 0 Å². The Hall–Kier alpha value is -1.31. The number of hydrogen-bond donors (Lipinski definition) is 1. The molecule has 6 nitrogen and oxygen atoms in total. The fraction of sp³-hybridized carbons (Fsp3) is 0.600. The molecular formula is C15H23N3O3S. The Kier molecular flexibility index (Phi) is 4.56. The number of nitrogens with zero attached hydrogens (tertiary/aromatic N) is 2. The van der Waals surface area contributed by atoms with E-state index in [0.717, 1.165) is 31.6 Å². The molecule has 2 fully saturated rings. The molecule has 0 spiro atoms. The maximum atomic E-state index is 12.7. The second-order valence-corrected chi connectivity index (χ2v) is 7.72. The maximum Gasteiger partial charge on any atom is 0.243 e. The lowest BCUT2D eigenvalue weighted by molar-refractivity contribution is 0.0730. The fourth-order valence-corrected chi connectivity index (χ4v) is 4.46. The van der Waals surface area contributed by atoms with E-state index in [-0.39, 0.29) is 0 Å². The third kappa shape index (κ3) is 3.06. The van der Waals surface area contributed by atoms with Crippen molar-refractivity contribution < 1.29 is 13.2 Å². The lowest BCUT2D eigenvalue weighted by atomic mass is 10.1. The first kappa shape index (κ1) is 15.6. The molecule has 0 radical (unpaired) electrons. The second kappa shape index (κ2) is 6.44. The molecule has 7 heteroatoms. The van der Waals surface area contributed by atoms with Crippen molar-refractivity contribution in [3.05, 3.63) is 18.2 Å². The molecule has 122 valence electrons. The molecule has 2 aliphatic heterocycles. The zero-order chi connectivity index (χ0) is 15.6. The zero-order valence-corrected chi connectivity index (χ0v) is 13.5. The van der Waals surface area contributed by atoms with Crippen molar-refractivity contribution in [2.45, 2.75) is 24.2 Å². The number of hydrogen-bond acceptors (Lipinski definition) is 5. The number of ether oxygens (including phenoxy) is 1. The van der Waals surface area contributed by atoms with Gasteiger partial charge < -0.3 is 15.4 Å². The molecule has 0 bridgehead atoms. The van der Waals surface area contributed by atoms with Gasteiger partial charge in [-0.2, -0.15) is 4.31 Å². The van der Waals surface area contributed by atoms with Crippen LogP contribution < -0.4 is 10.6 Å². The average Bonchev–Trinajstić information content (AvgIpc) is 2.57. The van der Waals surface area contributed by atoms with Crippen LogP contribution in [0.15, 0.2) is 23.1 Å². The highest BCUT2D eigenvalue weighted by Crippen LogP contribution is 2.30. The van der Waals surface area contributed by atoms with Gasteiger partial charge in [-0.3, -0.25) is 0 Å². The summed E-state index contributed by atoms with van der Waals surface area (Å²) in [4.78, 5) is 2.51. The van der Waals surface area contributed by atoms with E-state index in [0.29, 0.717) is 36.9 Å². The first-order chi connectivity index (χ1) is 10.6. The van der Waals surface area contributed by atoms with Crippen LogP contribution in [0, 0.1) is 0 Å². The maximum absolute atomic E-state index is 12.7. The SMILES string of the molecule is Nc1ccc(S(=O)(=O)N2CCOCC2)cc1N1CCCCC1. The standard InChI is InChI=1S/C15H23N3O3S/c16-14-5-4-13(12-15(14)17-6-2-1-3-7-17)22(19,20)18-8-10-21-11-9-18/h4-5,12H,1-3,6-11,16H2. The summed E-state index contributed by atoms with van der Waals surface area (Å²) in [7, 11) is -3.47. The van der Waals surface area contributed by atoms with Gasteiger partial charge in [0, 0.05) is 26.2 Å². The van der Waals surface area contributed by atoms with Gasteiger partial charge in [0.1, 0.15) is 0 Å². The largest absolute Gasteiger partial charge is 0.397 e. The van der Waals surface area contributed by atoms with Crippen LogP contribution >= 0.6 is 0 Å². The van der Waals surface area contributed by atoms with Gasteiger partial charge in [-0.15, -0.1) is 0 Å². The van der Waals surface area contributed by atoms with Crippen molar-refractivity contribution in [1.82, 2.24) is 4.31 Å². The van der Waals surface area contributed by atoms with Crippen LogP contribution in [0.4, 0.5) is 11.4 Å². The van der Waals surface area contributed by atoms with Gasteiger partial charge in [0.25, 0.3) is 0 Å². The van der Waals surface area contributed by atoms with Crippen LogP contribution in [0.2, 0.25) is 0 Å². The van der Waals surface area contributed by atoms with Gasteiger partial charge in [-0.05, 0) is 37.5 Å². The minimum Gasteiger partial charge on any atom is -0.397 e. The van der Waals surface area contributed by atoms with Crippen LogP contribution in [-0.2, 0) is 14.8 Å². The Labute approximate surface area is 131 Å². The number of nitrogen functional groups attached to an aromatic ring is 1. The molecule has 3 rings (SSSR count). The molecule has 22 heavy (non-hydrogen) atoms. The molecule has 1 aromatic carbocycles. The van der Waals surface area contributed by atoms with Crippen molar-refractivity contribution in [3.63, 3.8) is 0 Å². The van der Waals surface area contributed by atoms with Crippen molar-refractivity contribution >= 4 is 21.4 Å². The Morgan fingerprint density at radius 3 is 2.36 bits per heavy atom. The fourth-order valence-electron chi connectivity index (χ4n) is 3.03. The van der Waals surface area contributed by atoms with Crippen LogP contribution in [0.25, 0.3) is 0 Å². The van der Waals surface area contributed by atoms with E-state index in [4.69, 9.17) is 10.5 Å². The van der Waals surface area contributed by atoms with Crippen molar-refractivity contribution in [2.75, 3.05) is 50.0 Å². The highest BCUT2D eigenvalue weighted by atomic mass is 32.2. The van der Waals surface area contributed by atoms with Crippen molar-refractivity contribution in [3.8, 4) is 0 Å². The lowest BCUT2D eigenvalue weighted by Gasteiger charge is -2.31. The summed E-state index contributed by atoms with van der Waals surface area (Å²) in [5.74, 6) is 0. The van der Waals surface area contributed by atoms with Crippen LogP contribution in [0.1, 0.15) is 19.3 Å². The number of rotatable bonds is 3. The van der Waals surface area contributed by atoms with Crippen LogP contribution in [-0.4, -0.2) is 52.1 Å². The molecule has 2 heterocycles. The molecule has 0 aliphatic carbocycles. The summed E-state index contributed by atoms with van der Waals surface area (Å²) in [5.41, 5.74) is 7.56. The van der Waals surface area contributed by atoms with E-state index >= 15 is 0 Å². The predicted octanol–water partition coefficient (Wildman–Crippen LogP) is 1.28.